The van der Waals surface area contributed by atoms with Crippen LogP contribution in [0.25, 0.3) is 11.1 Å². The van der Waals surface area contributed by atoms with E-state index in [0.29, 0.717) is 71.6 Å². The highest BCUT2D eigenvalue weighted by Gasteiger charge is 2.39. The van der Waals surface area contributed by atoms with E-state index >= 15 is 0 Å². The fourth-order valence-corrected chi connectivity index (χ4v) is 6.71. The van der Waals surface area contributed by atoms with Crippen molar-refractivity contribution in [2.24, 2.45) is 0 Å². The Balaban J connectivity index is 1.28. The monoisotopic (exact) mass is 806 g/mol. The second-order valence-electron chi connectivity index (χ2n) is 13.9. The predicted molar refractivity (Wildman–Crippen MR) is 209 cm³/mol. The second-order valence-corrected chi connectivity index (χ2v) is 14.7. The van der Waals surface area contributed by atoms with Crippen molar-refractivity contribution < 1.29 is 44.2 Å². The number of benzene rings is 3. The molecule has 1 aliphatic rings. The van der Waals surface area contributed by atoms with Crippen LogP contribution in [0, 0.1) is 18.3 Å². The van der Waals surface area contributed by atoms with E-state index in [-0.39, 0.29) is 37.6 Å². The zero-order valence-electron chi connectivity index (χ0n) is 31.1. The number of carboxylic acid groups (broad SMARTS) is 2. The van der Waals surface area contributed by atoms with Crippen LogP contribution < -0.4 is 19.5 Å². The average Bonchev–Trinajstić information content (AvgIpc) is 3.19. The van der Waals surface area contributed by atoms with Crippen molar-refractivity contribution in [2.75, 3.05) is 32.8 Å². The van der Waals surface area contributed by atoms with Crippen LogP contribution in [-0.4, -0.2) is 86.2 Å². The Kier molecular flexibility index (Phi) is 14.2. The van der Waals surface area contributed by atoms with Crippen LogP contribution in [0.4, 0.5) is 0 Å². The molecule has 0 amide bonds. The van der Waals surface area contributed by atoms with Crippen LogP contribution in [0.1, 0.15) is 54.0 Å². The first-order valence-electron chi connectivity index (χ1n) is 18.0. The molecule has 0 aliphatic carbocycles. The second kappa shape index (κ2) is 18.8. The fraction of sp³-hybridized carbons (Fsp3) is 0.366. The lowest BCUT2D eigenvalue weighted by atomic mass is 9.91. The maximum absolute atomic E-state index is 11.8. The molecule has 1 saturated heterocycles. The van der Waals surface area contributed by atoms with Crippen LogP contribution in [-0.2, 0) is 29.3 Å². The zero-order valence-corrected chi connectivity index (χ0v) is 32.6. The minimum atomic E-state index is -1.65. The summed E-state index contributed by atoms with van der Waals surface area (Å²) in [4.78, 5) is 29.3. The molecule has 0 saturated carbocycles. The molecule has 1 aliphatic heterocycles. The number of aliphatic carboxylic acids is 2. The topological polar surface area (TPSA) is 195 Å². The predicted octanol–water partition coefficient (Wildman–Crippen LogP) is 6.00. The van der Waals surface area contributed by atoms with Crippen molar-refractivity contribution in [3.8, 4) is 34.4 Å². The van der Waals surface area contributed by atoms with Crippen molar-refractivity contribution in [1.82, 2.24) is 15.2 Å². The Hall–Kier alpha value is -4.94. The lowest BCUT2D eigenvalue weighted by Gasteiger charge is -2.35. The first kappa shape index (κ1) is 42.2. The molecule has 296 valence electrons. The number of carbonyl (C=O) groups is 2. The molecule has 5 rings (SSSR count). The summed E-state index contributed by atoms with van der Waals surface area (Å²) in [5, 5.41) is 51.7. The van der Waals surface area contributed by atoms with Gasteiger partial charge in [-0.3, -0.25) is 15.1 Å². The lowest BCUT2D eigenvalue weighted by molar-refractivity contribution is -0.163. The van der Waals surface area contributed by atoms with Gasteiger partial charge in [0, 0.05) is 61.3 Å². The van der Waals surface area contributed by atoms with Gasteiger partial charge in [0.1, 0.15) is 42.1 Å². The molecule has 15 heteroatoms. The number of aromatic nitrogens is 1. The normalized spacial score (nSPS) is 15.0. The number of likely N-dealkylation sites (tertiary alicyclic amines) is 1. The summed E-state index contributed by atoms with van der Waals surface area (Å²) in [5.41, 5.74) is 1.72. The molecule has 4 aromatic rings. The quantitative estimate of drug-likeness (QED) is 0.0736. The van der Waals surface area contributed by atoms with Gasteiger partial charge < -0.3 is 39.5 Å². The Morgan fingerprint density at radius 3 is 2.38 bits per heavy atom. The number of nitrogens with zero attached hydrogens (tertiary/aromatic N) is 3. The van der Waals surface area contributed by atoms with Gasteiger partial charge >= 0.3 is 11.9 Å². The van der Waals surface area contributed by atoms with E-state index in [1.807, 2.05) is 43.3 Å². The number of halogens is 2. The first-order valence-corrected chi connectivity index (χ1v) is 18.7. The van der Waals surface area contributed by atoms with Gasteiger partial charge in [0.05, 0.1) is 28.8 Å². The van der Waals surface area contributed by atoms with E-state index < -0.39 is 29.7 Å². The average molecular weight is 808 g/mol. The van der Waals surface area contributed by atoms with E-state index in [0.717, 1.165) is 22.3 Å². The van der Waals surface area contributed by atoms with Gasteiger partial charge in [-0.1, -0.05) is 53.5 Å². The van der Waals surface area contributed by atoms with Gasteiger partial charge in [-0.15, -0.1) is 0 Å². The highest BCUT2D eigenvalue weighted by Crippen LogP contribution is 2.39. The number of hydrogen-bond donors (Lipinski definition) is 5. The first-order chi connectivity index (χ1) is 26.8. The summed E-state index contributed by atoms with van der Waals surface area (Å²) in [5.74, 6) is -1.20. The highest BCUT2D eigenvalue weighted by atomic mass is 35.5. The van der Waals surface area contributed by atoms with Crippen molar-refractivity contribution >= 4 is 35.1 Å². The molecule has 3 aromatic carbocycles. The Labute approximate surface area is 335 Å². The molecule has 1 atom stereocenters. The van der Waals surface area contributed by atoms with Crippen molar-refractivity contribution in [3.05, 3.63) is 105 Å². The van der Waals surface area contributed by atoms with Gasteiger partial charge in [-0.05, 0) is 68.0 Å². The van der Waals surface area contributed by atoms with E-state index in [9.17, 15) is 35.3 Å². The van der Waals surface area contributed by atoms with Gasteiger partial charge in [-0.25, -0.2) is 4.79 Å². The lowest BCUT2D eigenvalue weighted by Crippen LogP contribution is -2.52. The number of nitrogens with one attached hydrogen (secondary N) is 1. The largest absolute Gasteiger partial charge is 0.492 e. The van der Waals surface area contributed by atoms with E-state index in [1.165, 1.54) is 13.1 Å². The van der Waals surface area contributed by atoms with Crippen LogP contribution in [0.15, 0.2) is 67.0 Å². The number of ether oxygens (including phenoxy) is 3. The molecule has 0 bridgehead atoms. The maximum Gasteiger partial charge on any atom is 0.335 e. The molecular weight excluding hydrogens is 763 g/mol. The minimum absolute atomic E-state index is 0.00187. The Morgan fingerprint density at radius 2 is 1.68 bits per heavy atom. The summed E-state index contributed by atoms with van der Waals surface area (Å²) < 4.78 is 18.5. The summed E-state index contributed by atoms with van der Waals surface area (Å²) in [7, 11) is 0. The molecule has 2 heterocycles. The van der Waals surface area contributed by atoms with Gasteiger partial charge in [0.15, 0.2) is 5.60 Å². The van der Waals surface area contributed by atoms with E-state index in [1.54, 1.807) is 24.4 Å². The van der Waals surface area contributed by atoms with Crippen molar-refractivity contribution in [2.45, 2.75) is 64.0 Å². The Morgan fingerprint density at radius 1 is 0.964 bits per heavy atom. The SMILES string of the molecule is Cc1c(COc2cc(OCc3cncc(C#N)c3)c(CNC(C)(CO)C(=O)O)cc2Cl)cccc1-c1cccc(OCCCN2CCC(O)(C(=O)O)CC2)c1Cl. The highest BCUT2D eigenvalue weighted by molar-refractivity contribution is 6.35. The summed E-state index contributed by atoms with van der Waals surface area (Å²) >= 11 is 13.6. The van der Waals surface area contributed by atoms with Crippen LogP contribution in [0.3, 0.4) is 0 Å². The number of piperidine rings is 1. The number of pyridine rings is 1. The number of aliphatic hydroxyl groups excluding tert-OH is 1. The fourth-order valence-electron chi connectivity index (χ4n) is 6.19. The number of hydrogen-bond acceptors (Lipinski definition) is 11. The molecule has 5 N–H and O–H groups in total. The molecule has 1 unspecified atom stereocenters. The van der Waals surface area contributed by atoms with E-state index in [4.69, 9.17) is 37.4 Å². The molecule has 1 fully saturated rings. The van der Waals surface area contributed by atoms with Crippen molar-refractivity contribution in [1.29, 1.82) is 5.26 Å². The Bertz CT molecular complexity index is 2080. The molecule has 13 nitrogen and oxygen atoms in total. The number of carboxylic acids is 2. The third-order valence-corrected chi connectivity index (χ3v) is 10.6. The summed E-state index contributed by atoms with van der Waals surface area (Å²) in [6.45, 7) is 4.98. The number of aliphatic hydroxyl groups is 2. The maximum atomic E-state index is 11.8. The van der Waals surface area contributed by atoms with Crippen molar-refractivity contribution in [3.63, 3.8) is 0 Å². The minimum Gasteiger partial charge on any atom is -0.492 e. The summed E-state index contributed by atoms with van der Waals surface area (Å²) in [6, 6.07) is 18.3. The van der Waals surface area contributed by atoms with Crippen LogP contribution in [0.5, 0.6) is 17.2 Å². The number of nitriles is 1. The van der Waals surface area contributed by atoms with Crippen LogP contribution >= 0.6 is 23.2 Å². The van der Waals surface area contributed by atoms with Gasteiger partial charge in [-0.2, -0.15) is 5.26 Å². The molecular formula is C41H44Cl2N4O9. The number of rotatable bonds is 18. The summed E-state index contributed by atoms with van der Waals surface area (Å²) in [6.07, 6.45) is 4.09. The van der Waals surface area contributed by atoms with E-state index in [2.05, 4.69) is 21.3 Å². The third-order valence-electron chi connectivity index (χ3n) is 9.93. The standard InChI is InChI=1S/C41H44Cl2N4O9/c1-26-29(6-3-7-31(26)32-8-4-9-34(37(32)43)54-15-5-12-47-13-10-41(53,11-14-47)39(51)52)24-56-36-18-35(55-23-28-16-27(19-44)20-45-21-28)30(17-33(36)42)22-46-40(2,25-48)38(49)50/h3-4,6-9,16-18,20-21,46,48,53H,5,10-15,22-25H2,1-2H3,(H,49,50)(H,51,52). The molecule has 1 aromatic heterocycles. The van der Waals surface area contributed by atoms with Gasteiger partial charge in [0.2, 0.25) is 0 Å². The smallest absolute Gasteiger partial charge is 0.335 e. The molecule has 0 spiro atoms. The molecule has 0 radical (unpaired) electrons. The van der Waals surface area contributed by atoms with Crippen LogP contribution in [0.2, 0.25) is 10.0 Å². The van der Waals surface area contributed by atoms with Gasteiger partial charge in [0.25, 0.3) is 0 Å². The molecule has 56 heavy (non-hydrogen) atoms. The zero-order chi connectivity index (χ0) is 40.5. The third kappa shape index (κ3) is 10.3.